The fourth-order valence-electron chi connectivity index (χ4n) is 10.8. The van der Waals surface area contributed by atoms with Crippen molar-refractivity contribution in [1.82, 2.24) is 19.6 Å². The van der Waals surface area contributed by atoms with Gasteiger partial charge in [-0.3, -0.25) is 9.59 Å². The van der Waals surface area contributed by atoms with E-state index in [1.165, 1.54) is 206 Å². The van der Waals surface area contributed by atoms with E-state index in [1.54, 1.807) is 0 Å². The Hall–Kier alpha value is -1.83. The van der Waals surface area contributed by atoms with Crippen molar-refractivity contribution >= 4 is 17.9 Å². The van der Waals surface area contributed by atoms with Gasteiger partial charge in [-0.15, -0.1) is 0 Å². The van der Waals surface area contributed by atoms with Crippen LogP contribution >= 0.6 is 0 Å². The zero-order chi connectivity index (χ0) is 52.1. The minimum absolute atomic E-state index is 0.145. The van der Waals surface area contributed by atoms with E-state index in [9.17, 15) is 14.4 Å². The molecule has 8 heteroatoms. The molecular weight excluding hydrogens is 889 g/mol. The van der Waals surface area contributed by atoms with E-state index in [2.05, 4.69) is 42.4 Å². The van der Waals surface area contributed by atoms with E-state index in [0.717, 1.165) is 142 Å². The van der Waals surface area contributed by atoms with Crippen LogP contribution in [0.5, 0.6) is 0 Å². The van der Waals surface area contributed by atoms with Gasteiger partial charge in [0, 0.05) is 58.7 Å². The third-order valence-electron chi connectivity index (χ3n) is 15.8. The van der Waals surface area contributed by atoms with Crippen LogP contribution in [0.3, 0.4) is 0 Å². The summed E-state index contributed by atoms with van der Waals surface area (Å²) in [6.45, 7) is 18.2. The van der Waals surface area contributed by atoms with Crippen LogP contribution in [0.15, 0.2) is 0 Å². The van der Waals surface area contributed by atoms with E-state index < -0.39 is 0 Å². The molecule has 1 aliphatic heterocycles. The maximum Gasteiger partial charge on any atom is 0.409 e. The average Bonchev–Trinajstić information content (AvgIpc) is 3.91. The van der Waals surface area contributed by atoms with Gasteiger partial charge in [0.15, 0.2) is 0 Å². The molecule has 3 amide bonds. The van der Waals surface area contributed by atoms with Gasteiger partial charge in [-0.05, 0) is 83.7 Å². The van der Waals surface area contributed by atoms with Crippen LogP contribution in [0.2, 0.25) is 0 Å². The highest BCUT2D eigenvalue weighted by molar-refractivity contribution is 5.76. The molecule has 0 aromatic heterocycles. The minimum atomic E-state index is -0.145. The molecule has 0 unspecified atom stereocenters. The van der Waals surface area contributed by atoms with Gasteiger partial charge in [0.2, 0.25) is 11.8 Å². The molecule has 0 aromatic rings. The second-order valence-electron chi connectivity index (χ2n) is 22.7. The number of rotatable bonds is 56. The number of hydrogen-bond donors (Lipinski definition) is 0. The zero-order valence-electron chi connectivity index (χ0n) is 49.2. The van der Waals surface area contributed by atoms with Crippen LogP contribution in [0.4, 0.5) is 4.79 Å². The van der Waals surface area contributed by atoms with Crippen LogP contribution in [-0.4, -0.2) is 103 Å². The number of likely N-dealkylation sites (tertiary alicyclic amines) is 1. The molecule has 1 aliphatic rings. The molecule has 1 heterocycles. The fraction of sp³-hybridized carbons (Fsp3) is 0.953. The minimum Gasteiger partial charge on any atom is -0.449 e. The summed E-state index contributed by atoms with van der Waals surface area (Å²) in [5.41, 5.74) is 0. The van der Waals surface area contributed by atoms with Gasteiger partial charge < -0.3 is 24.3 Å². The van der Waals surface area contributed by atoms with Gasteiger partial charge in [-0.25, -0.2) is 4.79 Å². The lowest BCUT2D eigenvalue weighted by molar-refractivity contribution is -0.132. The monoisotopic (exact) mass is 1010 g/mol. The fourth-order valence-corrected chi connectivity index (χ4v) is 10.8. The zero-order valence-corrected chi connectivity index (χ0v) is 49.2. The molecule has 1 saturated heterocycles. The molecule has 1 rings (SSSR count). The first-order chi connectivity index (χ1) is 35.5. The molecule has 0 N–H and O–H groups in total. The summed E-state index contributed by atoms with van der Waals surface area (Å²) < 4.78 is 5.87. The highest BCUT2D eigenvalue weighted by atomic mass is 16.6. The van der Waals surface area contributed by atoms with Crippen molar-refractivity contribution in [1.29, 1.82) is 0 Å². The normalized spacial score (nSPS) is 12.8. The summed E-state index contributed by atoms with van der Waals surface area (Å²) in [7, 11) is 0. The van der Waals surface area contributed by atoms with E-state index in [1.807, 2.05) is 4.90 Å². The molecule has 0 spiro atoms. The highest BCUT2D eigenvalue weighted by Crippen LogP contribution is 2.17. The average molecular weight is 1020 g/mol. The molecule has 72 heavy (non-hydrogen) atoms. The maximum atomic E-state index is 13.5. The Bertz CT molecular complexity index is 1050. The van der Waals surface area contributed by atoms with Gasteiger partial charge in [0.25, 0.3) is 0 Å². The van der Waals surface area contributed by atoms with E-state index >= 15 is 0 Å². The van der Waals surface area contributed by atoms with Gasteiger partial charge in [-0.1, -0.05) is 246 Å². The summed E-state index contributed by atoms with van der Waals surface area (Å²) in [6, 6.07) is 0. The molecule has 0 aliphatic carbocycles. The van der Waals surface area contributed by atoms with Crippen LogP contribution in [0.1, 0.15) is 329 Å². The molecule has 1 fully saturated rings. The predicted molar refractivity (Wildman–Crippen MR) is 312 cm³/mol. The first kappa shape index (κ1) is 68.2. The largest absolute Gasteiger partial charge is 0.449 e. The van der Waals surface area contributed by atoms with Crippen molar-refractivity contribution in [3.8, 4) is 0 Å². The van der Waals surface area contributed by atoms with Crippen LogP contribution < -0.4 is 0 Å². The lowest BCUT2D eigenvalue weighted by Crippen LogP contribution is -2.34. The highest BCUT2D eigenvalue weighted by Gasteiger charge is 2.18. The Kier molecular flexibility index (Phi) is 51.1. The molecule has 0 atom stereocenters. The van der Waals surface area contributed by atoms with E-state index in [-0.39, 0.29) is 6.09 Å². The van der Waals surface area contributed by atoms with E-state index in [0.29, 0.717) is 31.3 Å². The standard InChI is InChI=1S/C64H126N4O4/c1-5-9-13-17-21-25-33-41-55-66(56-42-34-26-22-18-14-10-6-2)62(69)50-39-31-29-37-45-59-68(64(71)72-61-49-54-65-52-47-48-53-65)60-46-38-30-32-40-51-63(70)67(57-43-35-27-23-19-15-11-7-3)58-44-36-28-24-20-16-12-8-4/h5-61H2,1-4H3. The smallest absolute Gasteiger partial charge is 0.409 e. The van der Waals surface area contributed by atoms with Crippen LogP contribution in [0.25, 0.3) is 0 Å². The topological polar surface area (TPSA) is 73.4 Å². The van der Waals surface area contributed by atoms with Gasteiger partial charge in [-0.2, -0.15) is 0 Å². The number of unbranched alkanes of at least 4 members (excludes halogenated alkanes) is 36. The van der Waals surface area contributed by atoms with Crippen LogP contribution in [0, 0.1) is 0 Å². The Labute approximate surface area is 449 Å². The van der Waals surface area contributed by atoms with Crippen molar-refractivity contribution in [3.63, 3.8) is 0 Å². The molecule has 0 bridgehead atoms. The molecule has 426 valence electrons. The first-order valence-corrected chi connectivity index (χ1v) is 32.7. The summed E-state index contributed by atoms with van der Waals surface area (Å²) in [5, 5.41) is 0. The number of amides is 3. The van der Waals surface area contributed by atoms with Crippen molar-refractivity contribution in [2.75, 3.05) is 65.5 Å². The summed E-state index contributed by atoms with van der Waals surface area (Å²) in [5.74, 6) is 0.743. The number of ether oxygens (including phenoxy) is 1. The number of carbonyl (C=O) groups excluding carboxylic acids is 3. The van der Waals surface area contributed by atoms with Gasteiger partial charge >= 0.3 is 6.09 Å². The lowest BCUT2D eigenvalue weighted by atomic mass is 10.1. The Balaban J connectivity index is 2.53. The SMILES string of the molecule is CCCCCCCCCCN(CCCCCCCCCC)C(=O)CCCCCCCN(CCCCCCCC(=O)N(CCCCCCCCCC)CCCCCCCCCC)C(=O)OCCCN1CCCC1. The summed E-state index contributed by atoms with van der Waals surface area (Å²) in [6.07, 6.45) is 56.8. The third kappa shape index (κ3) is 43.4. The van der Waals surface area contributed by atoms with Crippen molar-refractivity contribution in [3.05, 3.63) is 0 Å². The van der Waals surface area contributed by atoms with Crippen molar-refractivity contribution < 1.29 is 19.1 Å². The second-order valence-corrected chi connectivity index (χ2v) is 22.7. The van der Waals surface area contributed by atoms with Gasteiger partial charge in [0.1, 0.15) is 0 Å². The first-order valence-electron chi connectivity index (χ1n) is 32.7. The molecule has 0 aromatic carbocycles. The molecule has 0 radical (unpaired) electrons. The number of hydrogen-bond acceptors (Lipinski definition) is 5. The molecule has 8 nitrogen and oxygen atoms in total. The second kappa shape index (κ2) is 54.0. The molecule has 0 saturated carbocycles. The van der Waals surface area contributed by atoms with Gasteiger partial charge in [0.05, 0.1) is 6.61 Å². The lowest BCUT2D eigenvalue weighted by Gasteiger charge is -2.23. The Morgan fingerprint density at radius 3 is 0.861 bits per heavy atom. The Morgan fingerprint density at radius 1 is 0.319 bits per heavy atom. The van der Waals surface area contributed by atoms with E-state index in [4.69, 9.17) is 4.74 Å². The number of nitrogens with zero attached hydrogens (tertiary/aromatic N) is 4. The van der Waals surface area contributed by atoms with Crippen LogP contribution in [-0.2, 0) is 14.3 Å². The van der Waals surface area contributed by atoms with Crippen molar-refractivity contribution in [2.45, 2.75) is 329 Å². The third-order valence-corrected chi connectivity index (χ3v) is 15.8. The van der Waals surface area contributed by atoms with Crippen molar-refractivity contribution in [2.24, 2.45) is 0 Å². The Morgan fingerprint density at radius 2 is 0.569 bits per heavy atom. The number of carbonyl (C=O) groups is 3. The predicted octanol–water partition coefficient (Wildman–Crippen LogP) is 18.8. The molecular formula is C64H126N4O4. The quantitative estimate of drug-likeness (QED) is 0.0568. The summed E-state index contributed by atoms with van der Waals surface area (Å²) >= 11 is 0. The summed E-state index contributed by atoms with van der Waals surface area (Å²) in [4.78, 5) is 49.3. The maximum absolute atomic E-state index is 13.5.